The van der Waals surface area contributed by atoms with Crippen molar-refractivity contribution in [3.63, 3.8) is 0 Å². The molecule has 0 fully saturated rings. The number of alkyl halides is 2. The molecule has 0 aliphatic rings. The Morgan fingerprint density at radius 2 is 1.60 bits per heavy atom. The molecule has 0 heterocycles. The Kier molecular flexibility index (Phi) is 22.4. The van der Waals surface area contributed by atoms with Gasteiger partial charge in [0.1, 0.15) is 5.76 Å². The van der Waals surface area contributed by atoms with Crippen LogP contribution in [0, 0.1) is 5.41 Å². The normalized spacial score (nSPS) is 11.2. The molecule has 35 heavy (non-hydrogen) atoms. The third-order valence-corrected chi connectivity index (χ3v) is 4.75. The molecule has 0 saturated heterocycles. The number of aliphatic imine (C=N–C) groups is 2. The van der Waals surface area contributed by atoms with E-state index in [1.165, 1.54) is 23.8 Å². The summed E-state index contributed by atoms with van der Waals surface area (Å²) in [7, 11) is 2.90. The molecule has 0 aliphatic carbocycles. The van der Waals surface area contributed by atoms with Gasteiger partial charge in [-0.25, -0.2) is 0 Å². The maximum absolute atomic E-state index is 12.4. The molecule has 5 heteroatoms. The molecule has 0 N–H and O–H groups in total. The standard InChI is InChI=1S/C13H15F2NO.C13H20.C2H5N.C2H6/c1-4-10-5-7-11(8-6-10)9(2)17-13(16-3)12(14)15;1-7-9-12(10-8-2)13(5,6)11(3)4;1-3-2;1-2/h5-8,12H,2,4H2,1,3H3;7-10H,1,3H2,2,4-6H3;1H2,2H3;1-2H3/b;10-8-,12-9+;;. The van der Waals surface area contributed by atoms with Crippen LogP contribution in [-0.2, 0) is 11.2 Å². The van der Waals surface area contributed by atoms with Crippen molar-refractivity contribution in [2.75, 3.05) is 14.1 Å². The molecule has 0 unspecified atom stereocenters. The summed E-state index contributed by atoms with van der Waals surface area (Å²) in [5.41, 5.74) is 4.28. The first-order chi connectivity index (χ1) is 16.5. The van der Waals surface area contributed by atoms with Crippen LogP contribution in [0.3, 0.4) is 0 Å². The van der Waals surface area contributed by atoms with Gasteiger partial charge in [-0.05, 0) is 38.1 Å². The minimum atomic E-state index is -2.73. The molecule has 0 radical (unpaired) electrons. The monoisotopic (exact) mass is 488 g/mol. The van der Waals surface area contributed by atoms with E-state index in [0.29, 0.717) is 5.56 Å². The predicted molar refractivity (Wildman–Crippen MR) is 154 cm³/mol. The number of nitrogens with zero attached hydrogens (tertiary/aromatic N) is 2. The molecule has 0 aromatic heterocycles. The van der Waals surface area contributed by atoms with Crippen LogP contribution in [0.5, 0.6) is 0 Å². The van der Waals surface area contributed by atoms with E-state index in [1.54, 1.807) is 19.2 Å². The molecule has 1 aromatic rings. The van der Waals surface area contributed by atoms with Gasteiger partial charge in [-0.3, -0.25) is 4.99 Å². The number of halogens is 2. The van der Waals surface area contributed by atoms with Crippen molar-refractivity contribution in [3.8, 4) is 0 Å². The molecule has 0 amide bonds. The van der Waals surface area contributed by atoms with Crippen molar-refractivity contribution in [1.29, 1.82) is 0 Å². The quantitative estimate of drug-likeness (QED) is 0.118. The van der Waals surface area contributed by atoms with Crippen LogP contribution in [0.2, 0.25) is 0 Å². The van der Waals surface area contributed by atoms with Crippen LogP contribution in [0.25, 0.3) is 5.76 Å². The van der Waals surface area contributed by atoms with E-state index in [2.05, 4.69) is 63.3 Å². The summed E-state index contributed by atoms with van der Waals surface area (Å²) in [6.07, 6.45) is 6.20. The fourth-order valence-electron chi connectivity index (χ4n) is 2.32. The molecule has 0 aliphatic heterocycles. The van der Waals surface area contributed by atoms with Gasteiger partial charge in [0, 0.05) is 25.1 Å². The first kappa shape index (κ1) is 36.5. The summed E-state index contributed by atoms with van der Waals surface area (Å²) in [4.78, 5) is 6.62. The lowest BCUT2D eigenvalue weighted by atomic mass is 9.78. The summed E-state index contributed by atoms with van der Waals surface area (Å²) < 4.78 is 29.7. The van der Waals surface area contributed by atoms with Gasteiger partial charge < -0.3 is 9.73 Å². The van der Waals surface area contributed by atoms with E-state index in [-0.39, 0.29) is 11.2 Å². The topological polar surface area (TPSA) is 34.0 Å². The molecule has 0 saturated carbocycles. The third kappa shape index (κ3) is 15.4. The number of benzene rings is 1. The molecular weight excluding hydrogens is 442 g/mol. The summed E-state index contributed by atoms with van der Waals surface area (Å²) in [6, 6.07) is 7.41. The summed E-state index contributed by atoms with van der Waals surface area (Å²) >= 11 is 0. The van der Waals surface area contributed by atoms with E-state index < -0.39 is 12.3 Å². The number of aryl methyl sites for hydroxylation is 1. The van der Waals surface area contributed by atoms with Gasteiger partial charge in [-0.15, -0.1) is 0 Å². The molecule has 3 nitrogen and oxygen atoms in total. The van der Waals surface area contributed by atoms with Crippen molar-refractivity contribution in [1.82, 2.24) is 0 Å². The maximum atomic E-state index is 12.4. The lowest BCUT2D eigenvalue weighted by molar-refractivity contribution is 0.196. The van der Waals surface area contributed by atoms with Crippen molar-refractivity contribution < 1.29 is 13.5 Å². The highest BCUT2D eigenvalue weighted by atomic mass is 19.3. The molecule has 1 aromatic carbocycles. The van der Waals surface area contributed by atoms with Crippen LogP contribution in [0.1, 0.15) is 59.6 Å². The maximum Gasteiger partial charge on any atom is 0.312 e. The number of allylic oxidation sites excluding steroid dienone is 6. The third-order valence-electron chi connectivity index (χ3n) is 4.75. The zero-order valence-electron chi connectivity index (χ0n) is 23.3. The zero-order valence-corrected chi connectivity index (χ0v) is 23.3. The summed E-state index contributed by atoms with van der Waals surface area (Å²) in [6.45, 7) is 28.9. The second kappa shape index (κ2) is 21.5. The average Bonchev–Trinajstić information content (AvgIpc) is 2.84. The van der Waals surface area contributed by atoms with E-state index in [9.17, 15) is 8.78 Å². The van der Waals surface area contributed by atoms with Crippen LogP contribution in [0.4, 0.5) is 8.78 Å². The molecule has 0 atom stereocenters. The molecule has 0 spiro atoms. The van der Waals surface area contributed by atoms with Gasteiger partial charge in [0.25, 0.3) is 5.90 Å². The van der Waals surface area contributed by atoms with Crippen LogP contribution in [-0.4, -0.2) is 33.1 Å². The Balaban J connectivity index is -0.000000506. The van der Waals surface area contributed by atoms with Gasteiger partial charge in [0.2, 0.25) is 0 Å². The number of ether oxygens (including phenoxy) is 1. The average molecular weight is 489 g/mol. The van der Waals surface area contributed by atoms with E-state index in [0.717, 1.165) is 6.42 Å². The first-order valence-electron chi connectivity index (χ1n) is 11.6. The minimum absolute atomic E-state index is 0.0285. The second-order valence-electron chi connectivity index (χ2n) is 7.52. The van der Waals surface area contributed by atoms with Gasteiger partial charge in [0.05, 0.1) is 0 Å². The Morgan fingerprint density at radius 3 is 1.91 bits per heavy atom. The SMILES string of the molecule is C=C(OC(=NC)C(F)F)c1ccc(CC)cc1.C=C/C=C(\C=C/C)C(C)(C)C(=C)C.C=NC.CC. The van der Waals surface area contributed by atoms with Crippen molar-refractivity contribution in [2.24, 2.45) is 15.4 Å². The summed E-state index contributed by atoms with van der Waals surface area (Å²) in [5, 5.41) is 0. The highest BCUT2D eigenvalue weighted by Gasteiger charge is 2.21. The van der Waals surface area contributed by atoms with Crippen molar-refractivity contribution in [3.05, 3.63) is 90.6 Å². The highest BCUT2D eigenvalue weighted by molar-refractivity contribution is 5.84. The highest BCUT2D eigenvalue weighted by Crippen LogP contribution is 2.34. The van der Waals surface area contributed by atoms with E-state index >= 15 is 0 Å². The van der Waals surface area contributed by atoms with Crippen LogP contribution >= 0.6 is 0 Å². The first-order valence-corrected chi connectivity index (χ1v) is 11.6. The van der Waals surface area contributed by atoms with Gasteiger partial charge >= 0.3 is 6.43 Å². The van der Waals surface area contributed by atoms with Crippen molar-refractivity contribution in [2.45, 2.75) is 61.3 Å². The Morgan fingerprint density at radius 1 is 1.11 bits per heavy atom. The molecule has 1 rings (SSSR count). The Hall–Kier alpha value is -3.08. The Labute approximate surface area is 213 Å². The van der Waals surface area contributed by atoms with E-state index in [4.69, 9.17) is 4.74 Å². The zero-order chi connectivity index (χ0) is 28.0. The number of hydrogen-bond donors (Lipinski definition) is 0. The van der Waals surface area contributed by atoms with Crippen LogP contribution in [0.15, 0.2) is 89.4 Å². The van der Waals surface area contributed by atoms with E-state index in [1.807, 2.05) is 58.1 Å². The van der Waals surface area contributed by atoms with Crippen LogP contribution < -0.4 is 0 Å². The molecule has 0 bridgehead atoms. The number of hydrogen-bond acceptors (Lipinski definition) is 3. The van der Waals surface area contributed by atoms with Gasteiger partial charge in [0.15, 0.2) is 0 Å². The second-order valence-corrected chi connectivity index (χ2v) is 7.52. The fraction of sp³-hybridized carbons (Fsp3) is 0.400. The largest absolute Gasteiger partial charge is 0.438 e. The van der Waals surface area contributed by atoms with Crippen molar-refractivity contribution >= 4 is 18.4 Å². The van der Waals surface area contributed by atoms with Gasteiger partial charge in [-0.2, -0.15) is 8.78 Å². The molecule has 196 valence electrons. The molecular formula is C30H46F2N2O. The Bertz CT molecular complexity index is 846. The fourth-order valence-corrected chi connectivity index (χ4v) is 2.32. The summed E-state index contributed by atoms with van der Waals surface area (Å²) in [5.74, 6) is -0.442. The number of rotatable bonds is 8. The smallest absolute Gasteiger partial charge is 0.312 e. The minimum Gasteiger partial charge on any atom is -0.438 e. The van der Waals surface area contributed by atoms with Gasteiger partial charge in [-0.1, -0.05) is 108 Å². The predicted octanol–water partition coefficient (Wildman–Crippen LogP) is 9.15. The lowest BCUT2D eigenvalue weighted by Crippen LogP contribution is -2.14. The lowest BCUT2D eigenvalue weighted by Gasteiger charge is -2.26.